The zero-order chi connectivity index (χ0) is 14.2. The molecule has 1 atom stereocenters. The summed E-state index contributed by atoms with van der Waals surface area (Å²) < 4.78 is 5.76. The van der Waals surface area contributed by atoms with Gasteiger partial charge in [0.05, 0.1) is 6.04 Å². The van der Waals surface area contributed by atoms with Gasteiger partial charge in [-0.3, -0.25) is 4.79 Å². The van der Waals surface area contributed by atoms with E-state index in [2.05, 4.69) is 5.32 Å². The highest BCUT2D eigenvalue weighted by Gasteiger charge is 2.35. The van der Waals surface area contributed by atoms with Crippen molar-refractivity contribution in [2.24, 2.45) is 5.73 Å². The van der Waals surface area contributed by atoms with Crippen molar-refractivity contribution < 1.29 is 9.21 Å². The number of hydrogen-bond donors (Lipinski definition) is 2. The highest BCUT2D eigenvalue weighted by molar-refractivity contribution is 5.79. The lowest BCUT2D eigenvalue weighted by atomic mass is 9.75. The van der Waals surface area contributed by atoms with Crippen molar-refractivity contribution in [3.05, 3.63) is 36.1 Å². The highest BCUT2D eigenvalue weighted by atomic mass is 16.3. The number of carbonyl (C=O) groups excluding carboxylic acids is 1. The van der Waals surface area contributed by atoms with Crippen molar-refractivity contribution in [1.29, 1.82) is 0 Å². The summed E-state index contributed by atoms with van der Waals surface area (Å²) in [6.45, 7) is 1.93. The van der Waals surface area contributed by atoms with E-state index in [-0.39, 0.29) is 17.5 Å². The van der Waals surface area contributed by atoms with E-state index in [1.54, 1.807) is 0 Å². The van der Waals surface area contributed by atoms with Crippen LogP contribution in [0.3, 0.4) is 0 Å². The fourth-order valence-electron chi connectivity index (χ4n) is 2.71. The molecule has 106 valence electrons. The summed E-state index contributed by atoms with van der Waals surface area (Å²) in [6, 6.07) is 9.67. The van der Waals surface area contributed by atoms with E-state index in [4.69, 9.17) is 10.2 Å². The molecule has 3 rings (SSSR count). The predicted molar refractivity (Wildman–Crippen MR) is 78.2 cm³/mol. The Morgan fingerprint density at radius 3 is 2.85 bits per heavy atom. The van der Waals surface area contributed by atoms with Gasteiger partial charge in [0, 0.05) is 17.3 Å². The molecule has 1 fully saturated rings. The van der Waals surface area contributed by atoms with Gasteiger partial charge in [-0.05, 0) is 38.3 Å². The Labute approximate surface area is 118 Å². The van der Waals surface area contributed by atoms with E-state index in [1.807, 2.05) is 37.3 Å². The van der Waals surface area contributed by atoms with E-state index in [0.29, 0.717) is 6.42 Å². The third-order valence-corrected chi connectivity index (χ3v) is 4.11. The van der Waals surface area contributed by atoms with Gasteiger partial charge in [0.15, 0.2) is 0 Å². The van der Waals surface area contributed by atoms with Crippen LogP contribution >= 0.6 is 0 Å². The van der Waals surface area contributed by atoms with Crippen LogP contribution in [-0.4, -0.2) is 11.4 Å². The average molecular weight is 272 g/mol. The van der Waals surface area contributed by atoms with Crippen LogP contribution in [0.25, 0.3) is 11.0 Å². The van der Waals surface area contributed by atoms with Gasteiger partial charge in [-0.1, -0.05) is 18.2 Å². The lowest BCUT2D eigenvalue weighted by Crippen LogP contribution is -2.50. The molecule has 0 spiro atoms. The third-order valence-electron chi connectivity index (χ3n) is 4.11. The minimum absolute atomic E-state index is 0.000145. The Morgan fingerprint density at radius 1 is 1.45 bits per heavy atom. The number of amides is 1. The van der Waals surface area contributed by atoms with Gasteiger partial charge in [0.1, 0.15) is 11.3 Å². The molecule has 0 saturated heterocycles. The molecule has 3 N–H and O–H groups in total. The molecule has 2 aromatic rings. The van der Waals surface area contributed by atoms with Gasteiger partial charge in [-0.2, -0.15) is 0 Å². The number of fused-ring (bicyclic) bond motifs is 1. The Kier molecular flexibility index (Phi) is 3.26. The van der Waals surface area contributed by atoms with Gasteiger partial charge < -0.3 is 15.5 Å². The maximum absolute atomic E-state index is 12.0. The minimum atomic E-state index is -0.280. The van der Waals surface area contributed by atoms with Crippen LogP contribution in [0.15, 0.2) is 34.7 Å². The zero-order valence-electron chi connectivity index (χ0n) is 11.7. The first kappa shape index (κ1) is 13.2. The molecule has 1 amide bonds. The Hall–Kier alpha value is -1.81. The minimum Gasteiger partial charge on any atom is -0.459 e. The lowest BCUT2D eigenvalue weighted by Gasteiger charge is -2.37. The molecular formula is C16H20N2O2. The van der Waals surface area contributed by atoms with Crippen molar-refractivity contribution in [2.75, 3.05) is 0 Å². The highest BCUT2D eigenvalue weighted by Crippen LogP contribution is 2.32. The fraction of sp³-hybridized carbons (Fsp3) is 0.438. The molecule has 1 aromatic carbocycles. The second kappa shape index (κ2) is 4.94. The molecule has 0 aliphatic heterocycles. The summed E-state index contributed by atoms with van der Waals surface area (Å²) in [5.41, 5.74) is 6.66. The van der Waals surface area contributed by atoms with Crippen LogP contribution in [-0.2, 0) is 4.79 Å². The fourth-order valence-corrected chi connectivity index (χ4v) is 2.71. The first-order valence-corrected chi connectivity index (χ1v) is 7.12. The van der Waals surface area contributed by atoms with E-state index >= 15 is 0 Å². The number of nitrogens with one attached hydrogen (secondary N) is 1. The van der Waals surface area contributed by atoms with Crippen molar-refractivity contribution >= 4 is 16.9 Å². The largest absolute Gasteiger partial charge is 0.459 e. The summed E-state index contributed by atoms with van der Waals surface area (Å²) in [5, 5.41) is 4.02. The van der Waals surface area contributed by atoms with Crippen LogP contribution in [0.2, 0.25) is 0 Å². The van der Waals surface area contributed by atoms with Crippen molar-refractivity contribution in [2.45, 2.75) is 44.2 Å². The smallest absolute Gasteiger partial charge is 0.222 e. The molecule has 4 nitrogen and oxygen atoms in total. The predicted octanol–water partition coefficient (Wildman–Crippen LogP) is 2.88. The maximum Gasteiger partial charge on any atom is 0.222 e. The zero-order valence-corrected chi connectivity index (χ0v) is 11.7. The molecule has 1 aliphatic carbocycles. The lowest BCUT2D eigenvalue weighted by molar-refractivity contribution is -0.123. The molecule has 1 aromatic heterocycles. The summed E-state index contributed by atoms with van der Waals surface area (Å²) >= 11 is 0. The molecular weight excluding hydrogens is 252 g/mol. The molecule has 0 bridgehead atoms. The van der Waals surface area contributed by atoms with Crippen molar-refractivity contribution in [1.82, 2.24) is 5.32 Å². The Balaban J connectivity index is 1.66. The molecule has 1 unspecified atom stereocenters. The Morgan fingerprint density at radius 2 is 2.20 bits per heavy atom. The normalized spacial score (nSPS) is 18.5. The summed E-state index contributed by atoms with van der Waals surface area (Å²) in [5.74, 6) is 0.777. The van der Waals surface area contributed by atoms with Gasteiger partial charge in [0.25, 0.3) is 0 Å². The van der Waals surface area contributed by atoms with Crippen LogP contribution < -0.4 is 11.1 Å². The molecule has 1 aliphatic rings. The summed E-state index contributed by atoms with van der Waals surface area (Å²) in [4.78, 5) is 12.0. The van der Waals surface area contributed by atoms with E-state index in [1.165, 1.54) is 0 Å². The number of nitrogens with two attached hydrogens (primary N) is 1. The number of hydrogen-bond acceptors (Lipinski definition) is 3. The first-order valence-electron chi connectivity index (χ1n) is 7.12. The van der Waals surface area contributed by atoms with Crippen LogP contribution in [0.1, 0.15) is 44.4 Å². The topological polar surface area (TPSA) is 68.3 Å². The van der Waals surface area contributed by atoms with Gasteiger partial charge in [-0.15, -0.1) is 0 Å². The Bertz CT molecular complexity index is 595. The molecule has 1 saturated carbocycles. The van der Waals surface area contributed by atoms with Crippen LogP contribution in [0.5, 0.6) is 0 Å². The molecule has 1 heterocycles. The molecule has 20 heavy (non-hydrogen) atoms. The van der Waals surface area contributed by atoms with Crippen molar-refractivity contribution in [3.8, 4) is 0 Å². The maximum atomic E-state index is 12.0. The first-order chi connectivity index (χ1) is 9.56. The van der Waals surface area contributed by atoms with E-state index in [9.17, 15) is 4.79 Å². The molecule has 0 radical (unpaired) electrons. The van der Waals surface area contributed by atoms with Gasteiger partial charge >= 0.3 is 0 Å². The number of benzene rings is 1. The second-order valence-electron chi connectivity index (χ2n) is 5.87. The average Bonchev–Trinajstić information content (AvgIpc) is 2.80. The van der Waals surface area contributed by atoms with Gasteiger partial charge in [0.2, 0.25) is 5.91 Å². The monoisotopic (exact) mass is 272 g/mol. The number of carbonyl (C=O) groups is 1. The van der Waals surface area contributed by atoms with Gasteiger partial charge in [-0.25, -0.2) is 0 Å². The van der Waals surface area contributed by atoms with E-state index in [0.717, 1.165) is 36.0 Å². The standard InChI is InChI=1S/C16H20N2O2/c1-11(18-15(19)10-16(17)7-4-8-16)14-9-12-5-2-3-6-13(12)20-14/h2-3,5-6,9,11H,4,7-8,10,17H2,1H3,(H,18,19). The second-order valence-corrected chi connectivity index (χ2v) is 5.87. The van der Waals surface area contributed by atoms with Crippen LogP contribution in [0, 0.1) is 0 Å². The SMILES string of the molecule is CC(NC(=O)CC1(N)CCC1)c1cc2ccccc2o1. The summed E-state index contributed by atoms with van der Waals surface area (Å²) in [7, 11) is 0. The van der Waals surface area contributed by atoms with Crippen LogP contribution in [0.4, 0.5) is 0 Å². The third kappa shape index (κ3) is 2.56. The molecule has 4 heteroatoms. The van der Waals surface area contributed by atoms with E-state index < -0.39 is 0 Å². The quantitative estimate of drug-likeness (QED) is 0.899. The number of para-hydroxylation sites is 1. The van der Waals surface area contributed by atoms with Crippen molar-refractivity contribution in [3.63, 3.8) is 0 Å². The number of furan rings is 1. The number of rotatable bonds is 4. The summed E-state index contributed by atoms with van der Waals surface area (Å²) in [6.07, 6.45) is 3.42.